The van der Waals surface area contributed by atoms with E-state index in [-0.39, 0.29) is 6.10 Å². The highest BCUT2D eigenvalue weighted by molar-refractivity contribution is 7.89. The summed E-state index contributed by atoms with van der Waals surface area (Å²) in [6, 6.07) is 7.00. The van der Waals surface area contributed by atoms with Crippen molar-refractivity contribution in [3.63, 3.8) is 0 Å². The fourth-order valence-corrected chi connectivity index (χ4v) is 3.64. The summed E-state index contributed by atoms with van der Waals surface area (Å²) in [7, 11) is -1.66. The van der Waals surface area contributed by atoms with Crippen molar-refractivity contribution in [2.75, 3.05) is 20.2 Å². The number of benzene rings is 1. The predicted octanol–water partition coefficient (Wildman–Crippen LogP) is 3.46. The first-order chi connectivity index (χ1) is 10.3. The molecule has 0 N–H and O–H groups in total. The molecular formula is C17H29NO3S. The number of nitrogens with zero attached hydrogens (tertiary/aromatic N) is 1. The molecule has 22 heavy (non-hydrogen) atoms. The molecule has 0 aromatic heterocycles. The Labute approximate surface area is 135 Å². The highest BCUT2D eigenvalue weighted by Gasteiger charge is 2.29. The van der Waals surface area contributed by atoms with Crippen LogP contribution in [-0.4, -0.2) is 39.0 Å². The van der Waals surface area contributed by atoms with Crippen molar-refractivity contribution in [2.45, 2.75) is 51.5 Å². The van der Waals surface area contributed by atoms with Gasteiger partial charge in [-0.3, -0.25) is 0 Å². The summed E-state index contributed by atoms with van der Waals surface area (Å²) in [6.45, 7) is 9.52. The lowest BCUT2D eigenvalue weighted by Gasteiger charge is -2.30. The smallest absolute Gasteiger partial charge is 0.243 e. The van der Waals surface area contributed by atoms with E-state index in [0.717, 1.165) is 24.3 Å². The van der Waals surface area contributed by atoms with Crippen LogP contribution in [0, 0.1) is 12.8 Å². The number of rotatable bonds is 3. The van der Waals surface area contributed by atoms with Gasteiger partial charge in [0.05, 0.1) is 11.0 Å². The quantitative estimate of drug-likeness (QED) is 0.854. The summed E-state index contributed by atoms with van der Waals surface area (Å²) in [6.07, 6.45) is 1.72. The lowest BCUT2D eigenvalue weighted by Crippen LogP contribution is -2.40. The Bertz CT molecular complexity index is 527. The van der Waals surface area contributed by atoms with Crippen LogP contribution in [0.5, 0.6) is 0 Å². The highest BCUT2D eigenvalue weighted by Crippen LogP contribution is 2.21. The largest absolute Gasteiger partial charge is 0.381 e. The van der Waals surface area contributed by atoms with Crippen molar-refractivity contribution in [1.29, 1.82) is 0 Å². The van der Waals surface area contributed by atoms with Crippen LogP contribution in [0.1, 0.15) is 39.2 Å². The molecule has 126 valence electrons. The molecule has 0 saturated carbocycles. The van der Waals surface area contributed by atoms with E-state index in [1.54, 1.807) is 23.5 Å². The Kier molecular flexibility index (Phi) is 7.53. The predicted molar refractivity (Wildman–Crippen MR) is 90.5 cm³/mol. The number of aryl methyl sites for hydroxylation is 1. The van der Waals surface area contributed by atoms with Gasteiger partial charge < -0.3 is 4.74 Å². The maximum atomic E-state index is 12.4. The zero-order valence-corrected chi connectivity index (χ0v) is 15.2. The average molecular weight is 327 g/mol. The second-order valence-electron chi connectivity index (χ2n) is 6.38. The van der Waals surface area contributed by atoms with Crippen LogP contribution in [0.3, 0.4) is 0 Å². The Morgan fingerprint density at radius 1 is 1.09 bits per heavy atom. The van der Waals surface area contributed by atoms with Gasteiger partial charge in [-0.05, 0) is 37.8 Å². The van der Waals surface area contributed by atoms with Gasteiger partial charge in [0.25, 0.3) is 0 Å². The summed E-state index contributed by atoms with van der Waals surface area (Å²) in [5, 5.41) is 0. The molecule has 1 aliphatic rings. The van der Waals surface area contributed by atoms with Gasteiger partial charge in [-0.2, -0.15) is 4.31 Å². The van der Waals surface area contributed by atoms with Crippen LogP contribution in [0.2, 0.25) is 0 Å². The normalized spacial score (nSPS) is 17.2. The number of piperidine rings is 1. The van der Waals surface area contributed by atoms with Crippen LogP contribution in [-0.2, 0) is 14.8 Å². The van der Waals surface area contributed by atoms with Crippen molar-refractivity contribution in [3.8, 4) is 0 Å². The number of sulfonamides is 1. The zero-order valence-electron chi connectivity index (χ0n) is 14.4. The Hall–Kier alpha value is -0.910. The summed E-state index contributed by atoms with van der Waals surface area (Å²) in [5.74, 6) is 0.833. The van der Waals surface area contributed by atoms with Crippen molar-refractivity contribution in [1.82, 2.24) is 4.31 Å². The number of hydrogen-bond acceptors (Lipinski definition) is 3. The van der Waals surface area contributed by atoms with Crippen LogP contribution in [0.15, 0.2) is 29.2 Å². The summed E-state index contributed by atoms with van der Waals surface area (Å²) in [4.78, 5) is 0.379. The summed E-state index contributed by atoms with van der Waals surface area (Å²) >= 11 is 0. The molecule has 0 atom stereocenters. The highest BCUT2D eigenvalue weighted by atomic mass is 32.2. The van der Waals surface area contributed by atoms with Gasteiger partial charge in [0, 0.05) is 20.2 Å². The molecule has 0 aliphatic carbocycles. The van der Waals surface area contributed by atoms with Crippen LogP contribution >= 0.6 is 0 Å². The van der Waals surface area contributed by atoms with Gasteiger partial charge in [-0.1, -0.05) is 38.5 Å². The van der Waals surface area contributed by atoms with E-state index in [1.807, 2.05) is 19.1 Å². The zero-order chi connectivity index (χ0) is 16.8. The third-order valence-corrected chi connectivity index (χ3v) is 5.31. The van der Waals surface area contributed by atoms with Gasteiger partial charge >= 0.3 is 0 Å². The van der Waals surface area contributed by atoms with Crippen molar-refractivity contribution in [2.24, 2.45) is 5.92 Å². The molecule has 4 nitrogen and oxygen atoms in total. The molecule has 0 amide bonds. The minimum atomic E-state index is -3.33. The van der Waals surface area contributed by atoms with E-state index in [9.17, 15) is 8.42 Å². The minimum Gasteiger partial charge on any atom is -0.381 e. The monoisotopic (exact) mass is 327 g/mol. The van der Waals surface area contributed by atoms with Crippen molar-refractivity contribution < 1.29 is 13.2 Å². The topological polar surface area (TPSA) is 46.6 Å². The maximum Gasteiger partial charge on any atom is 0.243 e. The van der Waals surface area contributed by atoms with Gasteiger partial charge in [-0.25, -0.2) is 8.42 Å². The van der Waals surface area contributed by atoms with Gasteiger partial charge in [-0.15, -0.1) is 0 Å². The molecule has 1 aromatic carbocycles. The SMILES string of the molecule is CC(C)C.COC1CCN(S(=O)(=O)c2ccc(C)cc2)CC1. The van der Waals surface area contributed by atoms with E-state index in [2.05, 4.69) is 20.8 Å². The fraction of sp³-hybridized carbons (Fsp3) is 0.647. The molecule has 0 radical (unpaired) electrons. The molecule has 1 heterocycles. The Balaban J connectivity index is 0.000000541. The van der Waals surface area contributed by atoms with Crippen LogP contribution in [0.25, 0.3) is 0 Å². The van der Waals surface area contributed by atoms with Crippen LogP contribution < -0.4 is 0 Å². The number of methoxy groups -OCH3 is 1. The molecule has 1 fully saturated rings. The van der Waals surface area contributed by atoms with E-state index >= 15 is 0 Å². The van der Waals surface area contributed by atoms with Crippen molar-refractivity contribution in [3.05, 3.63) is 29.8 Å². The minimum absolute atomic E-state index is 0.189. The van der Waals surface area contributed by atoms with E-state index in [0.29, 0.717) is 18.0 Å². The molecule has 1 aliphatic heterocycles. The first kappa shape index (κ1) is 19.1. The average Bonchev–Trinajstić information content (AvgIpc) is 2.47. The molecule has 0 bridgehead atoms. The fourth-order valence-electron chi connectivity index (χ4n) is 2.17. The number of hydrogen-bond donors (Lipinski definition) is 0. The molecule has 5 heteroatoms. The second kappa shape index (κ2) is 8.65. The Morgan fingerprint density at radius 3 is 1.95 bits per heavy atom. The molecule has 0 unspecified atom stereocenters. The van der Waals surface area contributed by atoms with E-state index < -0.39 is 10.0 Å². The third kappa shape index (κ3) is 5.71. The van der Waals surface area contributed by atoms with E-state index in [1.165, 1.54) is 0 Å². The second-order valence-corrected chi connectivity index (χ2v) is 8.32. The maximum absolute atomic E-state index is 12.4. The molecular weight excluding hydrogens is 298 g/mol. The van der Waals surface area contributed by atoms with Crippen LogP contribution in [0.4, 0.5) is 0 Å². The molecule has 2 rings (SSSR count). The van der Waals surface area contributed by atoms with Crippen molar-refractivity contribution >= 4 is 10.0 Å². The molecule has 1 aromatic rings. The first-order valence-corrected chi connectivity index (χ1v) is 9.31. The lowest BCUT2D eigenvalue weighted by molar-refractivity contribution is 0.0604. The third-order valence-electron chi connectivity index (χ3n) is 3.39. The molecule has 1 saturated heterocycles. The van der Waals surface area contributed by atoms with E-state index in [4.69, 9.17) is 4.74 Å². The van der Waals surface area contributed by atoms with Gasteiger partial charge in [0.1, 0.15) is 0 Å². The first-order valence-electron chi connectivity index (χ1n) is 7.87. The Morgan fingerprint density at radius 2 is 1.55 bits per heavy atom. The van der Waals surface area contributed by atoms with Gasteiger partial charge in [0.2, 0.25) is 10.0 Å². The lowest BCUT2D eigenvalue weighted by atomic mass is 10.1. The molecule has 0 spiro atoms. The summed E-state index contributed by atoms with van der Waals surface area (Å²) in [5.41, 5.74) is 1.06. The van der Waals surface area contributed by atoms with Gasteiger partial charge in [0.15, 0.2) is 0 Å². The summed E-state index contributed by atoms with van der Waals surface area (Å²) < 4.78 is 31.6. The number of ether oxygens (including phenoxy) is 1. The standard InChI is InChI=1S/C13H19NO3S.C4H10/c1-11-3-5-13(6-4-11)18(15,16)14-9-7-12(17-2)8-10-14;1-4(2)3/h3-6,12H,7-10H2,1-2H3;4H,1-3H3.